The highest BCUT2D eigenvalue weighted by atomic mass is 32.2. The van der Waals surface area contributed by atoms with E-state index in [1.54, 1.807) is 49.6 Å². The zero-order valence-electron chi connectivity index (χ0n) is 18.1. The molecule has 0 aliphatic carbocycles. The summed E-state index contributed by atoms with van der Waals surface area (Å²) in [5.41, 5.74) is 3.82. The molecule has 32 heavy (non-hydrogen) atoms. The molecule has 0 bridgehead atoms. The number of imidazole rings is 1. The summed E-state index contributed by atoms with van der Waals surface area (Å²) < 4.78 is 39.0. The second-order valence-electron chi connectivity index (χ2n) is 7.50. The Kier molecular flexibility index (Phi) is 6.01. The Morgan fingerprint density at radius 3 is 2.19 bits per heavy atom. The van der Waals surface area contributed by atoms with Gasteiger partial charge in [-0.05, 0) is 49.7 Å². The first-order valence-electron chi connectivity index (χ1n) is 10.1. The van der Waals surface area contributed by atoms with Crippen molar-refractivity contribution >= 4 is 10.0 Å². The van der Waals surface area contributed by atoms with Gasteiger partial charge >= 0.3 is 0 Å². The van der Waals surface area contributed by atoms with Gasteiger partial charge in [0.1, 0.15) is 6.61 Å². The first-order valence-corrected chi connectivity index (χ1v) is 11.5. The Labute approximate surface area is 188 Å². The first kappa shape index (κ1) is 21.6. The van der Waals surface area contributed by atoms with E-state index >= 15 is 0 Å². The summed E-state index contributed by atoms with van der Waals surface area (Å²) in [4.78, 5) is 4.49. The highest BCUT2D eigenvalue weighted by molar-refractivity contribution is 7.90. The maximum atomic E-state index is 13.2. The summed E-state index contributed by atoms with van der Waals surface area (Å²) in [6.07, 6.45) is 2.91. The molecule has 0 amide bonds. The quantitative estimate of drug-likeness (QED) is 0.398. The molecule has 0 spiro atoms. The van der Waals surface area contributed by atoms with Crippen molar-refractivity contribution in [3.05, 3.63) is 95.8 Å². The lowest BCUT2D eigenvalue weighted by Crippen LogP contribution is -2.13. The molecule has 0 saturated carbocycles. The average molecular weight is 449 g/mol. The Morgan fingerprint density at radius 1 is 0.875 bits per heavy atom. The lowest BCUT2D eigenvalue weighted by Gasteiger charge is -2.14. The monoisotopic (exact) mass is 448 g/mol. The third kappa shape index (κ3) is 4.38. The van der Waals surface area contributed by atoms with Gasteiger partial charge in [0.15, 0.2) is 17.3 Å². The van der Waals surface area contributed by atoms with Crippen LogP contribution >= 0.6 is 0 Å². The smallest absolute Gasteiger partial charge is 0.269 e. The van der Waals surface area contributed by atoms with Crippen LogP contribution in [0.2, 0.25) is 0 Å². The Bertz CT molecular complexity index is 1330. The van der Waals surface area contributed by atoms with Crippen molar-refractivity contribution in [3.8, 4) is 22.9 Å². The van der Waals surface area contributed by atoms with Crippen molar-refractivity contribution in [3.63, 3.8) is 0 Å². The standard InChI is InChI=1S/C25H24N2O4S/c1-18-4-8-20(9-5-18)17-31-23-13-10-21(16-24(23)30-3)25-26-14-15-27(25)32(28,29)22-11-6-19(2)7-12-22/h4-16H,17H2,1-3H3. The van der Waals surface area contributed by atoms with Crippen LogP contribution in [0, 0.1) is 13.8 Å². The molecule has 0 aliphatic rings. The van der Waals surface area contributed by atoms with Crippen LogP contribution in [0.15, 0.2) is 84.0 Å². The van der Waals surface area contributed by atoms with Gasteiger partial charge in [0, 0.05) is 18.0 Å². The molecule has 3 aromatic carbocycles. The number of nitrogens with zero attached hydrogens (tertiary/aromatic N) is 2. The molecule has 4 aromatic rings. The van der Waals surface area contributed by atoms with Crippen LogP contribution in [0.1, 0.15) is 16.7 Å². The van der Waals surface area contributed by atoms with Crippen LogP contribution in [0.3, 0.4) is 0 Å². The number of aryl methyl sites for hydroxylation is 2. The van der Waals surface area contributed by atoms with Gasteiger partial charge in [0.2, 0.25) is 0 Å². The van der Waals surface area contributed by atoms with Gasteiger partial charge in [0.25, 0.3) is 10.0 Å². The molecular weight excluding hydrogens is 424 g/mol. The van der Waals surface area contributed by atoms with E-state index in [2.05, 4.69) is 4.98 Å². The molecule has 0 fully saturated rings. The number of methoxy groups -OCH3 is 1. The molecule has 0 aliphatic heterocycles. The van der Waals surface area contributed by atoms with E-state index in [0.29, 0.717) is 29.5 Å². The van der Waals surface area contributed by atoms with Crippen LogP contribution in [-0.2, 0) is 16.6 Å². The fraction of sp³-hybridized carbons (Fsp3) is 0.160. The van der Waals surface area contributed by atoms with Crippen LogP contribution in [0.25, 0.3) is 11.4 Å². The molecule has 1 heterocycles. The average Bonchev–Trinajstić information content (AvgIpc) is 3.30. The maximum Gasteiger partial charge on any atom is 0.269 e. The van der Waals surface area contributed by atoms with E-state index in [1.807, 2.05) is 38.1 Å². The van der Waals surface area contributed by atoms with Gasteiger partial charge in [-0.15, -0.1) is 0 Å². The van der Waals surface area contributed by atoms with Gasteiger partial charge in [-0.2, -0.15) is 0 Å². The Balaban J connectivity index is 1.63. The van der Waals surface area contributed by atoms with Gasteiger partial charge < -0.3 is 9.47 Å². The van der Waals surface area contributed by atoms with E-state index < -0.39 is 10.0 Å². The lowest BCUT2D eigenvalue weighted by molar-refractivity contribution is 0.284. The van der Waals surface area contributed by atoms with Crippen molar-refractivity contribution in [1.29, 1.82) is 0 Å². The van der Waals surface area contributed by atoms with Crippen LogP contribution in [-0.4, -0.2) is 24.5 Å². The molecule has 0 atom stereocenters. The van der Waals surface area contributed by atoms with E-state index in [0.717, 1.165) is 11.1 Å². The minimum Gasteiger partial charge on any atom is -0.493 e. The third-order valence-electron chi connectivity index (χ3n) is 5.12. The number of rotatable bonds is 7. The molecule has 7 heteroatoms. The molecular formula is C25H24N2O4S. The van der Waals surface area contributed by atoms with Crippen molar-refractivity contribution < 1.29 is 17.9 Å². The number of aromatic nitrogens is 2. The van der Waals surface area contributed by atoms with E-state index in [-0.39, 0.29) is 4.90 Å². The molecule has 1 aromatic heterocycles. The molecule has 4 rings (SSSR count). The largest absolute Gasteiger partial charge is 0.493 e. The SMILES string of the molecule is COc1cc(-c2nccn2S(=O)(=O)c2ccc(C)cc2)ccc1OCc1ccc(C)cc1. The van der Waals surface area contributed by atoms with Crippen molar-refractivity contribution in [2.45, 2.75) is 25.3 Å². The fourth-order valence-electron chi connectivity index (χ4n) is 3.28. The van der Waals surface area contributed by atoms with Crippen LogP contribution < -0.4 is 9.47 Å². The zero-order valence-corrected chi connectivity index (χ0v) is 19.0. The van der Waals surface area contributed by atoms with Crippen LogP contribution in [0.5, 0.6) is 11.5 Å². The molecule has 0 saturated heterocycles. The fourth-order valence-corrected chi connectivity index (χ4v) is 4.58. The number of hydrogen-bond acceptors (Lipinski definition) is 5. The topological polar surface area (TPSA) is 70.4 Å². The predicted octanol–water partition coefficient (Wildman–Crippen LogP) is 4.99. The first-order chi connectivity index (χ1) is 15.4. The molecule has 0 radical (unpaired) electrons. The Hall–Kier alpha value is -3.58. The predicted molar refractivity (Wildman–Crippen MR) is 123 cm³/mol. The van der Waals surface area contributed by atoms with E-state index in [4.69, 9.17) is 9.47 Å². The third-order valence-corrected chi connectivity index (χ3v) is 6.80. The zero-order chi connectivity index (χ0) is 22.7. The van der Waals surface area contributed by atoms with E-state index in [9.17, 15) is 8.42 Å². The summed E-state index contributed by atoms with van der Waals surface area (Å²) in [6, 6.07) is 20.1. The van der Waals surface area contributed by atoms with Gasteiger partial charge in [-0.3, -0.25) is 0 Å². The number of ether oxygens (including phenoxy) is 2. The molecule has 6 nitrogen and oxygen atoms in total. The van der Waals surface area contributed by atoms with Crippen LogP contribution in [0.4, 0.5) is 0 Å². The van der Waals surface area contributed by atoms with Crippen molar-refractivity contribution in [2.24, 2.45) is 0 Å². The van der Waals surface area contributed by atoms with Gasteiger partial charge in [0.05, 0.1) is 12.0 Å². The van der Waals surface area contributed by atoms with Gasteiger partial charge in [-0.25, -0.2) is 17.4 Å². The minimum absolute atomic E-state index is 0.201. The second-order valence-corrected chi connectivity index (χ2v) is 9.32. The molecule has 0 N–H and O–H groups in total. The Morgan fingerprint density at radius 2 is 1.53 bits per heavy atom. The highest BCUT2D eigenvalue weighted by Gasteiger charge is 2.22. The minimum atomic E-state index is -3.79. The molecule has 164 valence electrons. The van der Waals surface area contributed by atoms with Crippen molar-refractivity contribution in [2.75, 3.05) is 7.11 Å². The van der Waals surface area contributed by atoms with Crippen molar-refractivity contribution in [1.82, 2.24) is 8.96 Å². The molecule has 0 unspecified atom stereocenters. The normalized spacial score (nSPS) is 11.3. The summed E-state index contributed by atoms with van der Waals surface area (Å²) in [5.74, 6) is 1.36. The second kappa shape index (κ2) is 8.88. The summed E-state index contributed by atoms with van der Waals surface area (Å²) >= 11 is 0. The number of hydrogen-bond donors (Lipinski definition) is 0. The number of benzene rings is 3. The lowest BCUT2D eigenvalue weighted by atomic mass is 10.1. The van der Waals surface area contributed by atoms with Gasteiger partial charge in [-0.1, -0.05) is 47.5 Å². The van der Waals surface area contributed by atoms with E-state index in [1.165, 1.54) is 21.9 Å². The summed E-state index contributed by atoms with van der Waals surface area (Å²) in [5, 5.41) is 0. The summed E-state index contributed by atoms with van der Waals surface area (Å²) in [7, 11) is -2.24. The highest BCUT2D eigenvalue weighted by Crippen LogP contribution is 2.33. The maximum absolute atomic E-state index is 13.2. The summed E-state index contributed by atoms with van der Waals surface area (Å²) in [6.45, 7) is 4.34.